The molecule has 0 saturated heterocycles. The van der Waals surface area contributed by atoms with Crippen molar-refractivity contribution >= 4 is 18.3 Å². The van der Waals surface area contributed by atoms with Crippen LogP contribution in [0, 0.1) is 5.82 Å². The van der Waals surface area contributed by atoms with Crippen molar-refractivity contribution in [1.29, 1.82) is 0 Å². The van der Waals surface area contributed by atoms with Crippen molar-refractivity contribution in [2.45, 2.75) is 30.9 Å². The van der Waals surface area contributed by atoms with E-state index in [1.165, 1.54) is 13.2 Å². The third-order valence-corrected chi connectivity index (χ3v) is 3.53. The number of carbonyl (C=O) groups excluding carboxylic acids is 1. The van der Waals surface area contributed by atoms with Crippen LogP contribution in [0.25, 0.3) is 0 Å². The highest BCUT2D eigenvalue weighted by molar-refractivity contribution is 5.85. The van der Waals surface area contributed by atoms with Crippen LogP contribution in [0.15, 0.2) is 24.3 Å². The normalized spacial score (nSPS) is 16.9. The van der Waals surface area contributed by atoms with Crippen molar-refractivity contribution < 1.29 is 13.9 Å². The quantitative estimate of drug-likeness (QED) is 0.841. The van der Waals surface area contributed by atoms with Crippen LogP contribution in [0.2, 0.25) is 0 Å². The van der Waals surface area contributed by atoms with Gasteiger partial charge in [0.2, 0.25) is 5.91 Å². The van der Waals surface area contributed by atoms with E-state index in [0.29, 0.717) is 5.56 Å². The standard InChI is InChI=1S/C14H19FN2O2.ClH/c1-19-10(9-16)8-13(18)17-14(6-7-14)11-4-2-3-5-12(11)15;/h2-5,10H,6-9,16H2,1H3,(H,17,18);1H. The van der Waals surface area contributed by atoms with Gasteiger partial charge in [-0.2, -0.15) is 0 Å². The zero-order valence-corrected chi connectivity index (χ0v) is 12.2. The van der Waals surface area contributed by atoms with E-state index in [0.717, 1.165) is 12.8 Å². The predicted octanol–water partition coefficient (Wildman–Crippen LogP) is 1.72. The molecule has 1 aromatic rings. The summed E-state index contributed by atoms with van der Waals surface area (Å²) in [5.41, 5.74) is 5.51. The number of hydrogen-bond acceptors (Lipinski definition) is 3. The SMILES string of the molecule is COC(CN)CC(=O)NC1(c2ccccc2F)CC1.Cl. The number of benzene rings is 1. The Balaban J connectivity index is 0.00000200. The second-order valence-corrected chi connectivity index (χ2v) is 4.91. The number of nitrogens with one attached hydrogen (secondary N) is 1. The van der Waals surface area contributed by atoms with Gasteiger partial charge in [-0.1, -0.05) is 18.2 Å². The van der Waals surface area contributed by atoms with Crippen LogP contribution in [0.1, 0.15) is 24.8 Å². The van der Waals surface area contributed by atoms with Gasteiger partial charge in [-0.15, -0.1) is 12.4 Å². The smallest absolute Gasteiger partial charge is 0.223 e. The fourth-order valence-corrected chi connectivity index (χ4v) is 2.22. The fraction of sp³-hybridized carbons (Fsp3) is 0.500. The minimum absolute atomic E-state index is 0. The Kier molecular flexibility index (Phi) is 5.92. The van der Waals surface area contributed by atoms with Crippen molar-refractivity contribution in [2.24, 2.45) is 5.73 Å². The van der Waals surface area contributed by atoms with E-state index < -0.39 is 5.54 Å². The molecule has 0 radical (unpaired) electrons. The number of rotatable bonds is 6. The molecular formula is C14H20ClFN2O2. The van der Waals surface area contributed by atoms with Crippen molar-refractivity contribution in [3.05, 3.63) is 35.6 Å². The molecule has 1 atom stereocenters. The zero-order valence-electron chi connectivity index (χ0n) is 11.4. The zero-order chi connectivity index (χ0) is 13.9. The lowest BCUT2D eigenvalue weighted by Crippen LogP contribution is -2.39. The molecule has 0 bridgehead atoms. The number of halogens is 2. The van der Waals surface area contributed by atoms with Crippen molar-refractivity contribution in [3.8, 4) is 0 Å². The monoisotopic (exact) mass is 302 g/mol. The van der Waals surface area contributed by atoms with Gasteiger partial charge in [-0.05, 0) is 18.9 Å². The average molecular weight is 303 g/mol. The molecule has 1 fully saturated rings. The second-order valence-electron chi connectivity index (χ2n) is 4.91. The van der Waals surface area contributed by atoms with Crippen molar-refractivity contribution in [3.63, 3.8) is 0 Å². The molecule has 1 aromatic carbocycles. The number of amides is 1. The molecular weight excluding hydrogens is 283 g/mol. The minimum Gasteiger partial charge on any atom is -0.380 e. The molecule has 0 spiro atoms. The Morgan fingerprint density at radius 2 is 2.15 bits per heavy atom. The lowest BCUT2D eigenvalue weighted by atomic mass is 10.0. The van der Waals surface area contributed by atoms with Gasteiger partial charge < -0.3 is 15.8 Å². The van der Waals surface area contributed by atoms with Crippen molar-refractivity contribution in [2.75, 3.05) is 13.7 Å². The van der Waals surface area contributed by atoms with Gasteiger partial charge >= 0.3 is 0 Å². The van der Waals surface area contributed by atoms with Gasteiger partial charge in [0, 0.05) is 19.2 Å². The molecule has 2 rings (SSSR count). The van der Waals surface area contributed by atoms with Gasteiger partial charge in [-0.3, -0.25) is 4.79 Å². The molecule has 1 aliphatic carbocycles. The van der Waals surface area contributed by atoms with Crippen LogP contribution in [-0.4, -0.2) is 25.7 Å². The Labute approximate surface area is 124 Å². The summed E-state index contributed by atoms with van der Waals surface area (Å²) in [6.45, 7) is 0.288. The largest absolute Gasteiger partial charge is 0.380 e. The third kappa shape index (κ3) is 3.69. The molecule has 1 unspecified atom stereocenters. The van der Waals surface area contributed by atoms with Crippen LogP contribution in [0.5, 0.6) is 0 Å². The van der Waals surface area contributed by atoms with E-state index in [1.807, 2.05) is 0 Å². The summed E-state index contributed by atoms with van der Waals surface area (Å²) < 4.78 is 18.8. The van der Waals surface area contributed by atoms with Gasteiger partial charge in [-0.25, -0.2) is 4.39 Å². The van der Waals surface area contributed by atoms with Crippen LogP contribution in [0.4, 0.5) is 4.39 Å². The first-order valence-electron chi connectivity index (χ1n) is 6.40. The maximum Gasteiger partial charge on any atom is 0.223 e. The first-order chi connectivity index (χ1) is 9.11. The summed E-state index contributed by atoms with van der Waals surface area (Å²) in [7, 11) is 1.52. The predicted molar refractivity (Wildman–Crippen MR) is 77.2 cm³/mol. The molecule has 0 aliphatic heterocycles. The first kappa shape index (κ1) is 16.9. The molecule has 3 N–H and O–H groups in total. The first-order valence-corrected chi connectivity index (χ1v) is 6.40. The highest BCUT2D eigenvalue weighted by Gasteiger charge is 2.47. The Hall–Kier alpha value is -1.17. The highest BCUT2D eigenvalue weighted by atomic mass is 35.5. The van der Waals surface area contributed by atoms with E-state index in [-0.39, 0.29) is 43.2 Å². The summed E-state index contributed by atoms with van der Waals surface area (Å²) in [6.07, 6.45) is 1.43. The Bertz CT molecular complexity index is 462. The topological polar surface area (TPSA) is 64.3 Å². The molecule has 20 heavy (non-hydrogen) atoms. The van der Waals surface area contributed by atoms with Crippen LogP contribution >= 0.6 is 12.4 Å². The number of carbonyl (C=O) groups is 1. The van der Waals surface area contributed by atoms with Crippen molar-refractivity contribution in [1.82, 2.24) is 5.32 Å². The van der Waals surface area contributed by atoms with Gasteiger partial charge in [0.15, 0.2) is 0 Å². The van der Waals surface area contributed by atoms with Crippen LogP contribution in [-0.2, 0) is 15.1 Å². The van der Waals surface area contributed by atoms with Gasteiger partial charge in [0.05, 0.1) is 18.1 Å². The molecule has 4 nitrogen and oxygen atoms in total. The van der Waals surface area contributed by atoms with E-state index >= 15 is 0 Å². The number of methoxy groups -OCH3 is 1. The van der Waals surface area contributed by atoms with Gasteiger partial charge in [0.1, 0.15) is 5.82 Å². The summed E-state index contributed by atoms with van der Waals surface area (Å²) in [5.74, 6) is -0.430. The number of nitrogens with two attached hydrogens (primary N) is 1. The van der Waals surface area contributed by atoms with Crippen LogP contribution in [0.3, 0.4) is 0 Å². The summed E-state index contributed by atoms with van der Waals surface area (Å²) in [6, 6.07) is 6.56. The maximum atomic E-state index is 13.8. The average Bonchev–Trinajstić information content (AvgIpc) is 3.17. The molecule has 6 heteroatoms. The summed E-state index contributed by atoms with van der Waals surface area (Å²) in [5, 5.41) is 2.91. The highest BCUT2D eigenvalue weighted by Crippen LogP contribution is 2.46. The third-order valence-electron chi connectivity index (χ3n) is 3.53. The van der Waals surface area contributed by atoms with E-state index in [9.17, 15) is 9.18 Å². The Morgan fingerprint density at radius 3 is 2.65 bits per heavy atom. The number of ether oxygens (including phenoxy) is 1. The summed E-state index contributed by atoms with van der Waals surface area (Å²) in [4.78, 5) is 11.9. The maximum absolute atomic E-state index is 13.8. The van der Waals surface area contributed by atoms with E-state index in [2.05, 4.69) is 5.32 Å². The minimum atomic E-state index is -0.532. The molecule has 1 saturated carbocycles. The summed E-state index contributed by atoms with van der Waals surface area (Å²) >= 11 is 0. The number of hydrogen-bond donors (Lipinski definition) is 2. The van der Waals surface area contributed by atoms with E-state index in [4.69, 9.17) is 10.5 Å². The van der Waals surface area contributed by atoms with Crippen LogP contribution < -0.4 is 11.1 Å². The fourth-order valence-electron chi connectivity index (χ4n) is 2.22. The molecule has 0 heterocycles. The molecule has 112 valence electrons. The Morgan fingerprint density at radius 1 is 1.50 bits per heavy atom. The molecule has 1 amide bonds. The van der Waals surface area contributed by atoms with Gasteiger partial charge in [0.25, 0.3) is 0 Å². The molecule has 1 aliphatic rings. The lowest BCUT2D eigenvalue weighted by Gasteiger charge is -2.20. The van der Waals surface area contributed by atoms with E-state index in [1.54, 1.807) is 18.2 Å². The lowest BCUT2D eigenvalue weighted by molar-refractivity contribution is -0.124. The second kappa shape index (κ2) is 7.02. The molecule has 0 aromatic heterocycles.